The van der Waals surface area contributed by atoms with E-state index in [1.54, 1.807) is 6.92 Å². The Morgan fingerprint density at radius 1 is 1.38 bits per heavy atom. The van der Waals surface area contributed by atoms with Gasteiger partial charge in [-0.1, -0.05) is 11.8 Å². The van der Waals surface area contributed by atoms with Gasteiger partial charge in [-0.2, -0.15) is 0 Å². The lowest BCUT2D eigenvalue weighted by molar-refractivity contribution is 0.208. The van der Waals surface area contributed by atoms with Crippen molar-refractivity contribution in [2.24, 2.45) is 0 Å². The van der Waals surface area contributed by atoms with E-state index in [1.165, 1.54) is 11.8 Å². The number of rotatable bonds is 6. The number of nitrogens with one attached hydrogen (secondary N) is 2. The number of aliphatic hydroxyl groups is 1. The van der Waals surface area contributed by atoms with Crippen LogP contribution in [0.2, 0.25) is 0 Å². The van der Waals surface area contributed by atoms with Gasteiger partial charge in [0.05, 0.1) is 6.10 Å². The van der Waals surface area contributed by atoms with Crippen molar-refractivity contribution in [1.29, 1.82) is 0 Å². The molecule has 3 N–H and O–H groups in total. The van der Waals surface area contributed by atoms with Gasteiger partial charge in [-0.05, 0) is 20.1 Å². The van der Waals surface area contributed by atoms with Gasteiger partial charge in [0.15, 0.2) is 5.16 Å². The molecule has 1 rings (SSSR count). The number of hydrogen-bond acceptors (Lipinski definition) is 6. The van der Waals surface area contributed by atoms with E-state index in [2.05, 4.69) is 20.6 Å². The first-order valence-corrected chi connectivity index (χ1v) is 6.47. The molecule has 5 nitrogen and oxygen atoms in total. The number of thioether (sulfide) groups is 1. The normalized spacial score (nSPS) is 12.2. The second-order valence-corrected chi connectivity index (χ2v) is 4.16. The maximum Gasteiger partial charge on any atom is 0.191 e. The Morgan fingerprint density at radius 2 is 2.00 bits per heavy atom. The summed E-state index contributed by atoms with van der Waals surface area (Å²) in [5, 5.41) is 16.1. The molecule has 1 aromatic heterocycles. The molecule has 0 fully saturated rings. The van der Waals surface area contributed by atoms with Crippen molar-refractivity contribution in [3.63, 3.8) is 0 Å². The molecule has 0 spiro atoms. The third-order valence-corrected chi connectivity index (χ3v) is 2.37. The molecule has 0 aliphatic carbocycles. The second-order valence-electron chi connectivity index (χ2n) is 3.39. The molecule has 0 aliphatic rings. The average Bonchev–Trinajstić information content (AvgIpc) is 2.26. The van der Waals surface area contributed by atoms with Crippen molar-refractivity contribution in [3.05, 3.63) is 6.07 Å². The topological polar surface area (TPSA) is 70.1 Å². The minimum absolute atomic E-state index is 0.393. The third kappa shape index (κ3) is 4.24. The standard InChI is InChI=1S/C10H18N4OS/c1-4-11-8-5-9(12-6-7(2)15)14-10(13-8)16-3/h5,7,15H,4,6H2,1-3H3,(H2,11,12,13,14). The van der Waals surface area contributed by atoms with Gasteiger partial charge >= 0.3 is 0 Å². The van der Waals surface area contributed by atoms with Crippen molar-refractivity contribution in [2.75, 3.05) is 30.0 Å². The minimum Gasteiger partial charge on any atom is -0.392 e. The predicted molar refractivity (Wildman–Crippen MR) is 68.1 cm³/mol. The summed E-state index contributed by atoms with van der Waals surface area (Å²) in [6, 6.07) is 1.84. The van der Waals surface area contributed by atoms with Crippen LogP contribution in [0.1, 0.15) is 13.8 Å². The molecule has 0 amide bonds. The molecule has 0 aliphatic heterocycles. The van der Waals surface area contributed by atoms with Gasteiger partial charge in [0.1, 0.15) is 11.6 Å². The van der Waals surface area contributed by atoms with Gasteiger partial charge in [-0.15, -0.1) is 0 Å². The van der Waals surface area contributed by atoms with E-state index < -0.39 is 6.10 Å². The highest BCUT2D eigenvalue weighted by molar-refractivity contribution is 7.98. The van der Waals surface area contributed by atoms with Gasteiger partial charge in [0.2, 0.25) is 0 Å². The van der Waals surface area contributed by atoms with Crippen LogP contribution in [-0.2, 0) is 0 Å². The van der Waals surface area contributed by atoms with Gasteiger partial charge in [-0.25, -0.2) is 9.97 Å². The number of aliphatic hydroxyl groups excluding tert-OH is 1. The zero-order chi connectivity index (χ0) is 12.0. The SMILES string of the molecule is CCNc1cc(NCC(C)O)nc(SC)n1. The zero-order valence-corrected chi connectivity index (χ0v) is 10.6. The van der Waals surface area contributed by atoms with Gasteiger partial charge in [0, 0.05) is 19.2 Å². The number of hydrogen-bond donors (Lipinski definition) is 3. The zero-order valence-electron chi connectivity index (χ0n) is 9.82. The van der Waals surface area contributed by atoms with Crippen LogP contribution in [-0.4, -0.2) is 40.5 Å². The maximum atomic E-state index is 9.19. The molecule has 0 bridgehead atoms. The number of aromatic nitrogens is 2. The molecule has 0 saturated heterocycles. The largest absolute Gasteiger partial charge is 0.392 e. The summed E-state index contributed by atoms with van der Waals surface area (Å²) >= 11 is 1.49. The number of nitrogens with zero attached hydrogens (tertiary/aromatic N) is 2. The van der Waals surface area contributed by atoms with Crippen LogP contribution in [0.5, 0.6) is 0 Å². The molecular formula is C10H18N4OS. The molecule has 1 heterocycles. The molecule has 1 atom stereocenters. The molecule has 1 aromatic rings. The van der Waals surface area contributed by atoms with Crippen molar-refractivity contribution in [1.82, 2.24) is 9.97 Å². The van der Waals surface area contributed by atoms with Gasteiger partial charge < -0.3 is 15.7 Å². The van der Waals surface area contributed by atoms with Crippen LogP contribution in [0.3, 0.4) is 0 Å². The van der Waals surface area contributed by atoms with Crippen LogP contribution in [0, 0.1) is 0 Å². The Balaban J connectivity index is 2.77. The Hall–Kier alpha value is -1.01. The third-order valence-electron chi connectivity index (χ3n) is 1.82. The Labute approximate surface area is 100 Å². The average molecular weight is 242 g/mol. The summed E-state index contributed by atoms with van der Waals surface area (Å²) in [5.41, 5.74) is 0. The van der Waals surface area contributed by atoms with E-state index in [1.807, 2.05) is 19.2 Å². The second kappa shape index (κ2) is 6.55. The van der Waals surface area contributed by atoms with Crippen molar-refractivity contribution < 1.29 is 5.11 Å². The fourth-order valence-corrected chi connectivity index (χ4v) is 1.51. The first kappa shape index (κ1) is 13.1. The lowest BCUT2D eigenvalue weighted by Crippen LogP contribution is -2.16. The molecule has 0 saturated carbocycles. The van der Waals surface area contributed by atoms with Crippen LogP contribution in [0.15, 0.2) is 11.2 Å². The highest BCUT2D eigenvalue weighted by Crippen LogP contribution is 2.16. The highest BCUT2D eigenvalue weighted by Gasteiger charge is 2.04. The Bertz CT molecular complexity index is 333. The Morgan fingerprint density at radius 3 is 2.50 bits per heavy atom. The summed E-state index contributed by atoms with van der Waals surface area (Å²) in [7, 11) is 0. The van der Waals surface area contributed by atoms with Gasteiger partial charge in [0.25, 0.3) is 0 Å². The molecule has 0 radical (unpaired) electrons. The van der Waals surface area contributed by atoms with E-state index in [0.29, 0.717) is 11.7 Å². The van der Waals surface area contributed by atoms with Crippen LogP contribution in [0.4, 0.5) is 11.6 Å². The molecule has 90 valence electrons. The van der Waals surface area contributed by atoms with E-state index in [9.17, 15) is 5.11 Å². The summed E-state index contributed by atoms with van der Waals surface area (Å²) < 4.78 is 0. The maximum absolute atomic E-state index is 9.19. The molecule has 6 heteroatoms. The van der Waals surface area contributed by atoms with Gasteiger partial charge in [-0.3, -0.25) is 0 Å². The first-order chi connectivity index (χ1) is 7.65. The predicted octanol–water partition coefficient (Wildman–Crippen LogP) is 1.42. The lowest BCUT2D eigenvalue weighted by Gasteiger charge is -2.10. The quantitative estimate of drug-likeness (QED) is 0.518. The van der Waals surface area contributed by atoms with Crippen molar-refractivity contribution in [2.45, 2.75) is 25.1 Å². The smallest absolute Gasteiger partial charge is 0.191 e. The summed E-state index contributed by atoms with van der Waals surface area (Å²) in [4.78, 5) is 8.60. The van der Waals surface area contributed by atoms with E-state index in [0.717, 1.165) is 18.2 Å². The fraction of sp³-hybridized carbons (Fsp3) is 0.600. The van der Waals surface area contributed by atoms with E-state index in [4.69, 9.17) is 0 Å². The number of anilines is 2. The van der Waals surface area contributed by atoms with E-state index >= 15 is 0 Å². The summed E-state index contributed by atoms with van der Waals surface area (Å²) in [5.74, 6) is 1.53. The molecular weight excluding hydrogens is 224 g/mol. The highest BCUT2D eigenvalue weighted by atomic mass is 32.2. The summed E-state index contributed by atoms with van der Waals surface area (Å²) in [6.45, 7) is 5.05. The minimum atomic E-state index is -0.393. The first-order valence-electron chi connectivity index (χ1n) is 5.24. The van der Waals surface area contributed by atoms with Crippen LogP contribution in [0.25, 0.3) is 0 Å². The molecule has 1 unspecified atom stereocenters. The van der Waals surface area contributed by atoms with Crippen molar-refractivity contribution in [3.8, 4) is 0 Å². The lowest BCUT2D eigenvalue weighted by atomic mass is 10.4. The summed E-state index contributed by atoms with van der Waals surface area (Å²) in [6.07, 6.45) is 1.54. The van der Waals surface area contributed by atoms with E-state index in [-0.39, 0.29) is 0 Å². The fourth-order valence-electron chi connectivity index (χ4n) is 1.13. The van der Waals surface area contributed by atoms with Crippen LogP contribution >= 0.6 is 11.8 Å². The van der Waals surface area contributed by atoms with Crippen LogP contribution < -0.4 is 10.6 Å². The van der Waals surface area contributed by atoms with Crippen molar-refractivity contribution >= 4 is 23.4 Å². The monoisotopic (exact) mass is 242 g/mol. The Kier molecular flexibility index (Phi) is 5.34. The molecule has 0 aromatic carbocycles. The molecule has 16 heavy (non-hydrogen) atoms.